The van der Waals surface area contributed by atoms with Crippen molar-refractivity contribution >= 4 is 21.4 Å². The van der Waals surface area contributed by atoms with Crippen LogP contribution in [0.3, 0.4) is 0 Å². The van der Waals surface area contributed by atoms with E-state index in [9.17, 15) is 13.2 Å². The van der Waals surface area contributed by atoms with E-state index in [1.165, 1.54) is 25.4 Å². The molecule has 0 aromatic carbocycles. The van der Waals surface area contributed by atoms with E-state index in [0.717, 1.165) is 10.9 Å². The van der Waals surface area contributed by atoms with Gasteiger partial charge in [0.1, 0.15) is 5.15 Å². The minimum Gasteiger partial charge on any atom is -0.267 e. The van der Waals surface area contributed by atoms with E-state index in [0.29, 0.717) is 11.3 Å². The average molecular weight is 314 g/mol. The summed E-state index contributed by atoms with van der Waals surface area (Å²) >= 11 is 5.80. The summed E-state index contributed by atoms with van der Waals surface area (Å²) in [5.74, 6) is 0. The topological polar surface area (TPSA) is 81.9 Å². The first kappa shape index (κ1) is 14.7. The third kappa shape index (κ3) is 3.23. The van der Waals surface area contributed by atoms with Crippen molar-refractivity contribution < 1.29 is 8.42 Å². The van der Waals surface area contributed by atoms with Crippen LogP contribution in [0.25, 0.3) is 0 Å². The van der Waals surface area contributed by atoms with Crippen LogP contribution in [0.5, 0.6) is 0 Å². The Bertz CT molecular complexity index is 798. The van der Waals surface area contributed by atoms with Gasteiger partial charge >= 0.3 is 0 Å². The normalized spacial score (nSPS) is 11.6. The molecule has 106 valence electrons. The SMILES string of the molecule is Cn1nc(Cl)cc(Cc2ccc(S(C)(=O)=O)cn2)c1=O. The molecule has 0 saturated heterocycles. The maximum absolute atomic E-state index is 11.9. The first-order valence-electron chi connectivity index (χ1n) is 5.65. The predicted octanol–water partition coefficient (Wildman–Crippen LogP) is 0.823. The van der Waals surface area contributed by atoms with Gasteiger partial charge in [0.15, 0.2) is 9.84 Å². The molecule has 2 rings (SSSR count). The summed E-state index contributed by atoms with van der Waals surface area (Å²) in [5.41, 5.74) is 0.771. The minimum atomic E-state index is -3.27. The van der Waals surface area contributed by atoms with Gasteiger partial charge in [0.05, 0.1) is 4.90 Å². The van der Waals surface area contributed by atoms with Crippen LogP contribution in [0.4, 0.5) is 0 Å². The van der Waals surface area contributed by atoms with Crippen molar-refractivity contribution in [3.63, 3.8) is 0 Å². The van der Waals surface area contributed by atoms with Crippen LogP contribution in [0.15, 0.2) is 34.1 Å². The van der Waals surface area contributed by atoms with E-state index in [1.54, 1.807) is 6.07 Å². The highest BCUT2D eigenvalue weighted by molar-refractivity contribution is 7.90. The third-order valence-corrected chi connectivity index (χ3v) is 3.99. The molecule has 0 atom stereocenters. The molecule has 8 heteroatoms. The Balaban J connectivity index is 2.34. The number of pyridine rings is 1. The lowest BCUT2D eigenvalue weighted by Crippen LogP contribution is -2.23. The van der Waals surface area contributed by atoms with Crippen LogP contribution in [0.2, 0.25) is 5.15 Å². The summed E-state index contributed by atoms with van der Waals surface area (Å²) < 4.78 is 23.8. The second kappa shape index (κ2) is 5.34. The maximum Gasteiger partial charge on any atom is 0.270 e. The monoisotopic (exact) mass is 313 g/mol. The highest BCUT2D eigenvalue weighted by Crippen LogP contribution is 2.11. The summed E-state index contributed by atoms with van der Waals surface area (Å²) in [7, 11) is -1.76. The molecule has 20 heavy (non-hydrogen) atoms. The summed E-state index contributed by atoms with van der Waals surface area (Å²) in [6, 6.07) is 4.52. The molecule has 0 spiro atoms. The molecular formula is C12H12ClN3O3S. The van der Waals surface area contributed by atoms with Gasteiger partial charge in [-0.05, 0) is 18.2 Å². The number of hydrogen-bond donors (Lipinski definition) is 0. The molecule has 0 saturated carbocycles. The molecule has 0 aliphatic heterocycles. The standard InChI is InChI=1S/C12H12ClN3O3S/c1-16-12(17)8(6-11(13)15-16)5-9-3-4-10(7-14-9)20(2,18)19/h3-4,6-7H,5H2,1-2H3. The van der Waals surface area contributed by atoms with E-state index in [4.69, 9.17) is 11.6 Å². The number of aryl methyl sites for hydroxylation is 1. The van der Waals surface area contributed by atoms with Crippen LogP contribution >= 0.6 is 11.6 Å². The van der Waals surface area contributed by atoms with Gasteiger partial charge in [0.2, 0.25) is 0 Å². The number of aromatic nitrogens is 3. The molecule has 0 bridgehead atoms. The Morgan fingerprint density at radius 3 is 2.60 bits per heavy atom. The zero-order chi connectivity index (χ0) is 14.9. The maximum atomic E-state index is 11.9. The number of halogens is 1. The molecular weight excluding hydrogens is 302 g/mol. The molecule has 0 fully saturated rings. The molecule has 0 aliphatic carbocycles. The Labute approximate surface area is 121 Å². The van der Waals surface area contributed by atoms with Crippen LogP contribution in [-0.2, 0) is 23.3 Å². The zero-order valence-electron chi connectivity index (χ0n) is 10.9. The number of rotatable bonds is 3. The van der Waals surface area contributed by atoms with Crippen LogP contribution in [0, 0.1) is 0 Å². The summed E-state index contributed by atoms with van der Waals surface area (Å²) in [6.07, 6.45) is 2.65. The average Bonchev–Trinajstić information content (AvgIpc) is 2.35. The Morgan fingerprint density at radius 2 is 2.05 bits per heavy atom. The number of sulfone groups is 1. The van der Waals surface area contributed by atoms with E-state index in [1.807, 2.05) is 0 Å². The van der Waals surface area contributed by atoms with Crippen molar-refractivity contribution in [3.8, 4) is 0 Å². The Hall–Kier alpha value is -1.73. The zero-order valence-corrected chi connectivity index (χ0v) is 12.4. The molecule has 0 radical (unpaired) electrons. The second-order valence-corrected chi connectivity index (χ2v) is 6.76. The van der Waals surface area contributed by atoms with Gasteiger partial charge in [-0.25, -0.2) is 13.1 Å². The fourth-order valence-corrected chi connectivity index (χ4v) is 2.49. The van der Waals surface area contributed by atoms with E-state index in [2.05, 4.69) is 10.1 Å². The smallest absolute Gasteiger partial charge is 0.267 e. The Kier molecular flexibility index (Phi) is 3.92. The van der Waals surface area contributed by atoms with Gasteiger partial charge in [-0.1, -0.05) is 11.6 Å². The van der Waals surface area contributed by atoms with Crippen molar-refractivity contribution in [2.24, 2.45) is 7.05 Å². The highest BCUT2D eigenvalue weighted by Gasteiger charge is 2.10. The minimum absolute atomic E-state index is 0.141. The predicted molar refractivity (Wildman–Crippen MR) is 74.6 cm³/mol. The second-order valence-electron chi connectivity index (χ2n) is 4.36. The van der Waals surface area contributed by atoms with Gasteiger partial charge in [0.25, 0.3) is 5.56 Å². The lowest BCUT2D eigenvalue weighted by Gasteiger charge is -2.04. The van der Waals surface area contributed by atoms with E-state index in [-0.39, 0.29) is 22.0 Å². The van der Waals surface area contributed by atoms with Gasteiger partial charge in [-0.3, -0.25) is 9.78 Å². The van der Waals surface area contributed by atoms with Crippen molar-refractivity contribution in [2.75, 3.05) is 6.26 Å². The summed E-state index contributed by atoms with van der Waals surface area (Å²) in [6.45, 7) is 0. The fourth-order valence-electron chi connectivity index (χ4n) is 1.69. The first-order valence-corrected chi connectivity index (χ1v) is 7.92. The lowest BCUT2D eigenvalue weighted by molar-refractivity contribution is 0.601. The van der Waals surface area contributed by atoms with Gasteiger partial charge < -0.3 is 0 Å². The summed E-state index contributed by atoms with van der Waals surface area (Å²) in [5, 5.41) is 4.01. The number of hydrogen-bond acceptors (Lipinski definition) is 5. The highest BCUT2D eigenvalue weighted by atomic mass is 35.5. The van der Waals surface area contributed by atoms with Gasteiger partial charge in [-0.15, -0.1) is 0 Å². The largest absolute Gasteiger partial charge is 0.270 e. The molecule has 2 aromatic rings. The van der Waals surface area contributed by atoms with Gasteiger partial charge in [0, 0.05) is 37.2 Å². The Morgan fingerprint density at radius 1 is 1.35 bits per heavy atom. The molecule has 0 aliphatic rings. The molecule has 6 nitrogen and oxygen atoms in total. The van der Waals surface area contributed by atoms with Crippen molar-refractivity contribution in [1.29, 1.82) is 0 Å². The molecule has 0 amide bonds. The van der Waals surface area contributed by atoms with Crippen LogP contribution < -0.4 is 5.56 Å². The first-order chi connectivity index (χ1) is 9.27. The number of nitrogens with zero attached hydrogens (tertiary/aromatic N) is 3. The van der Waals surface area contributed by atoms with Crippen molar-refractivity contribution in [2.45, 2.75) is 11.3 Å². The van der Waals surface area contributed by atoms with E-state index >= 15 is 0 Å². The fraction of sp³-hybridized carbons (Fsp3) is 0.250. The molecule has 0 N–H and O–H groups in total. The molecule has 2 aromatic heterocycles. The molecule has 2 heterocycles. The quantitative estimate of drug-likeness (QED) is 0.838. The van der Waals surface area contributed by atoms with Gasteiger partial charge in [-0.2, -0.15) is 5.10 Å². The van der Waals surface area contributed by atoms with Crippen molar-refractivity contribution in [3.05, 3.63) is 51.2 Å². The van der Waals surface area contributed by atoms with Crippen LogP contribution in [-0.4, -0.2) is 29.4 Å². The van der Waals surface area contributed by atoms with Crippen LogP contribution in [0.1, 0.15) is 11.3 Å². The third-order valence-electron chi connectivity index (χ3n) is 2.70. The van der Waals surface area contributed by atoms with E-state index < -0.39 is 9.84 Å². The summed E-state index contributed by atoms with van der Waals surface area (Å²) in [4.78, 5) is 16.1. The molecule has 0 unspecified atom stereocenters. The lowest BCUT2D eigenvalue weighted by atomic mass is 10.1. The van der Waals surface area contributed by atoms with Crippen molar-refractivity contribution in [1.82, 2.24) is 14.8 Å².